The Morgan fingerprint density at radius 2 is 2.12 bits per heavy atom. The number of esters is 1. The molecule has 0 saturated carbocycles. The van der Waals surface area contributed by atoms with Gasteiger partial charge in [-0.15, -0.1) is 0 Å². The summed E-state index contributed by atoms with van der Waals surface area (Å²) >= 11 is 0. The van der Waals surface area contributed by atoms with Crippen LogP contribution in [0.25, 0.3) is 0 Å². The van der Waals surface area contributed by atoms with E-state index >= 15 is 0 Å². The minimum absolute atomic E-state index is 0.0580. The van der Waals surface area contributed by atoms with Gasteiger partial charge in [0.1, 0.15) is 5.75 Å². The lowest BCUT2D eigenvalue weighted by atomic mass is 10.1. The summed E-state index contributed by atoms with van der Waals surface area (Å²) in [5, 5.41) is 0. The molecular weight excluding hydrogens is 218 g/mol. The van der Waals surface area contributed by atoms with Gasteiger partial charge >= 0.3 is 11.9 Å². The van der Waals surface area contributed by atoms with E-state index in [0.717, 1.165) is 7.11 Å². The van der Waals surface area contributed by atoms with E-state index in [4.69, 9.17) is 4.74 Å². The van der Waals surface area contributed by atoms with Gasteiger partial charge in [-0.3, -0.25) is 0 Å². The molecule has 0 N–H and O–H groups in total. The average Bonchev–Trinajstić information content (AvgIpc) is 2.52. The van der Waals surface area contributed by atoms with E-state index in [-0.39, 0.29) is 11.3 Å². The van der Waals surface area contributed by atoms with Gasteiger partial charge in [-0.1, -0.05) is 12.1 Å². The number of benzene rings is 1. The monoisotopic (exact) mass is 226 g/mol. The quantitative estimate of drug-likeness (QED) is 0.544. The zero-order chi connectivity index (χ0) is 11.8. The van der Waals surface area contributed by atoms with Crippen molar-refractivity contribution < 1.29 is 23.0 Å². The van der Waals surface area contributed by atoms with Gasteiger partial charge in [-0.2, -0.15) is 8.78 Å². The van der Waals surface area contributed by atoms with Gasteiger partial charge in [0.25, 0.3) is 0 Å². The summed E-state index contributed by atoms with van der Waals surface area (Å²) in [7, 11) is 1.11. The standard InChI is InChI=1S/C11H8F2O3/c1-15-10(14)6-9-11(12,13)7-4-2-3-5-8(7)16-9/h2-6H,1H3/b9-6+. The van der Waals surface area contributed by atoms with E-state index < -0.39 is 17.7 Å². The van der Waals surface area contributed by atoms with Crippen LogP contribution in [0.2, 0.25) is 0 Å². The number of halogens is 2. The zero-order valence-corrected chi connectivity index (χ0v) is 8.37. The van der Waals surface area contributed by atoms with Crippen molar-refractivity contribution in [3.63, 3.8) is 0 Å². The van der Waals surface area contributed by atoms with E-state index in [9.17, 15) is 13.6 Å². The van der Waals surface area contributed by atoms with E-state index in [2.05, 4.69) is 4.74 Å². The van der Waals surface area contributed by atoms with Gasteiger partial charge in [0.05, 0.1) is 18.7 Å². The molecule has 0 amide bonds. The Morgan fingerprint density at radius 3 is 2.75 bits per heavy atom. The molecule has 0 atom stereocenters. The average molecular weight is 226 g/mol. The van der Waals surface area contributed by atoms with Crippen LogP contribution >= 0.6 is 0 Å². The van der Waals surface area contributed by atoms with E-state index in [0.29, 0.717) is 6.08 Å². The van der Waals surface area contributed by atoms with E-state index in [1.807, 2.05) is 0 Å². The summed E-state index contributed by atoms with van der Waals surface area (Å²) in [5.74, 6) is -4.81. The Bertz CT molecular complexity index is 466. The predicted molar refractivity (Wildman–Crippen MR) is 51.1 cm³/mol. The fourth-order valence-corrected chi connectivity index (χ4v) is 1.42. The molecule has 0 aromatic heterocycles. The third kappa shape index (κ3) is 1.54. The summed E-state index contributed by atoms with van der Waals surface area (Å²) in [6, 6.07) is 5.74. The van der Waals surface area contributed by atoms with Gasteiger partial charge in [0.15, 0.2) is 5.76 Å². The number of carbonyl (C=O) groups is 1. The largest absolute Gasteiger partial charge is 0.466 e. The van der Waals surface area contributed by atoms with Crippen LogP contribution in [0.3, 0.4) is 0 Å². The molecule has 0 fully saturated rings. The molecule has 0 spiro atoms. The first-order valence-corrected chi connectivity index (χ1v) is 4.51. The van der Waals surface area contributed by atoms with Crippen molar-refractivity contribution >= 4 is 5.97 Å². The third-order valence-corrected chi connectivity index (χ3v) is 2.20. The summed E-state index contributed by atoms with van der Waals surface area (Å²) in [4.78, 5) is 10.9. The molecule has 2 rings (SSSR count). The number of para-hydroxylation sites is 1. The predicted octanol–water partition coefficient (Wildman–Crippen LogP) is 2.23. The summed E-state index contributed by atoms with van der Waals surface area (Å²) < 4.78 is 36.6. The SMILES string of the molecule is COC(=O)/C=C1/Oc2ccccc2C1(F)F. The second-order valence-electron chi connectivity index (χ2n) is 3.20. The molecule has 1 aromatic carbocycles. The number of carbonyl (C=O) groups excluding carboxylic acids is 1. The molecule has 1 aromatic rings. The summed E-state index contributed by atoms with van der Waals surface area (Å²) in [5.41, 5.74) is -0.245. The maximum absolute atomic E-state index is 13.7. The minimum Gasteiger partial charge on any atom is -0.466 e. The molecule has 0 aliphatic carbocycles. The summed E-state index contributed by atoms with van der Waals surface area (Å²) in [6.07, 6.45) is 0.653. The molecular formula is C11H8F2O3. The van der Waals surface area contributed by atoms with Crippen LogP contribution in [0, 0.1) is 0 Å². The number of alkyl halides is 2. The first-order chi connectivity index (χ1) is 7.55. The molecule has 0 unspecified atom stereocenters. The zero-order valence-electron chi connectivity index (χ0n) is 8.37. The van der Waals surface area contributed by atoms with Crippen molar-refractivity contribution in [3.05, 3.63) is 41.7 Å². The van der Waals surface area contributed by atoms with E-state index in [1.165, 1.54) is 18.2 Å². The number of hydrogen-bond acceptors (Lipinski definition) is 3. The third-order valence-electron chi connectivity index (χ3n) is 2.20. The first-order valence-electron chi connectivity index (χ1n) is 4.51. The minimum atomic E-state index is -3.29. The maximum atomic E-state index is 13.7. The second-order valence-corrected chi connectivity index (χ2v) is 3.20. The Balaban J connectivity index is 2.43. The number of methoxy groups -OCH3 is 1. The number of hydrogen-bond donors (Lipinski definition) is 0. The topological polar surface area (TPSA) is 35.5 Å². The van der Waals surface area contributed by atoms with Crippen molar-refractivity contribution in [1.29, 1.82) is 0 Å². The van der Waals surface area contributed by atoms with Crippen molar-refractivity contribution in [1.82, 2.24) is 0 Å². The molecule has 1 aliphatic heterocycles. The number of fused-ring (bicyclic) bond motifs is 1. The summed E-state index contributed by atoms with van der Waals surface area (Å²) in [6.45, 7) is 0. The normalized spacial score (nSPS) is 19.1. The van der Waals surface area contributed by atoms with Crippen molar-refractivity contribution in [2.45, 2.75) is 5.92 Å². The van der Waals surface area contributed by atoms with Crippen molar-refractivity contribution in [2.75, 3.05) is 7.11 Å². The molecule has 0 saturated heterocycles. The Hall–Kier alpha value is -1.91. The first kappa shape index (κ1) is 10.6. The lowest BCUT2D eigenvalue weighted by Gasteiger charge is -2.08. The van der Waals surface area contributed by atoms with Crippen molar-refractivity contribution in [2.24, 2.45) is 0 Å². The molecule has 0 radical (unpaired) electrons. The highest BCUT2D eigenvalue weighted by Gasteiger charge is 2.47. The highest BCUT2D eigenvalue weighted by atomic mass is 19.3. The van der Waals surface area contributed by atoms with Crippen LogP contribution in [-0.2, 0) is 15.5 Å². The molecule has 84 valence electrons. The smallest absolute Gasteiger partial charge is 0.334 e. The van der Waals surface area contributed by atoms with Gasteiger partial charge < -0.3 is 9.47 Å². The van der Waals surface area contributed by atoms with Crippen LogP contribution in [0.1, 0.15) is 5.56 Å². The van der Waals surface area contributed by atoms with E-state index in [1.54, 1.807) is 6.07 Å². The van der Waals surface area contributed by atoms with Crippen LogP contribution in [0.15, 0.2) is 36.1 Å². The maximum Gasteiger partial charge on any atom is 0.334 e. The Kier molecular flexibility index (Phi) is 2.38. The van der Waals surface area contributed by atoms with Crippen LogP contribution in [0.5, 0.6) is 5.75 Å². The number of allylic oxidation sites excluding steroid dienone is 1. The molecule has 16 heavy (non-hydrogen) atoms. The molecule has 5 heteroatoms. The van der Waals surface area contributed by atoms with Crippen LogP contribution in [-0.4, -0.2) is 13.1 Å². The molecule has 3 nitrogen and oxygen atoms in total. The highest BCUT2D eigenvalue weighted by molar-refractivity contribution is 5.83. The van der Waals surface area contributed by atoms with Crippen LogP contribution in [0.4, 0.5) is 8.78 Å². The lowest BCUT2D eigenvalue weighted by Crippen LogP contribution is -2.14. The van der Waals surface area contributed by atoms with Gasteiger partial charge in [0.2, 0.25) is 0 Å². The molecule has 1 aliphatic rings. The van der Waals surface area contributed by atoms with Gasteiger partial charge in [-0.25, -0.2) is 4.79 Å². The molecule has 0 bridgehead atoms. The fraction of sp³-hybridized carbons (Fsp3) is 0.182. The highest BCUT2D eigenvalue weighted by Crippen LogP contribution is 2.47. The molecule has 1 heterocycles. The van der Waals surface area contributed by atoms with Crippen LogP contribution < -0.4 is 4.74 Å². The Labute approximate surface area is 90.3 Å². The number of ether oxygens (including phenoxy) is 2. The van der Waals surface area contributed by atoms with Gasteiger partial charge in [-0.05, 0) is 12.1 Å². The second kappa shape index (κ2) is 3.59. The fourth-order valence-electron chi connectivity index (χ4n) is 1.42. The Morgan fingerprint density at radius 1 is 1.44 bits per heavy atom. The lowest BCUT2D eigenvalue weighted by molar-refractivity contribution is -0.135. The van der Waals surface area contributed by atoms with Gasteiger partial charge in [0, 0.05) is 0 Å². The van der Waals surface area contributed by atoms with Crippen molar-refractivity contribution in [3.8, 4) is 5.75 Å². The number of rotatable bonds is 1.